The quantitative estimate of drug-likeness (QED) is 0.345. The monoisotopic (exact) mass is 533 g/mol. The maximum atomic E-state index is 14.2. The van der Waals surface area contributed by atoms with Gasteiger partial charge in [0.05, 0.1) is 6.04 Å². The second-order valence-electron chi connectivity index (χ2n) is 11.9. The second kappa shape index (κ2) is 12.0. The average Bonchev–Trinajstić information content (AvgIpc) is 3.22. The zero-order chi connectivity index (χ0) is 28.2. The van der Waals surface area contributed by atoms with Crippen molar-refractivity contribution in [2.75, 3.05) is 6.54 Å². The first-order valence-corrected chi connectivity index (χ1v) is 14.7. The molecule has 1 fully saturated rings. The Morgan fingerprint density at radius 3 is 2.26 bits per heavy atom. The normalized spacial score (nSPS) is 22.2. The van der Waals surface area contributed by atoms with Crippen LogP contribution in [0.1, 0.15) is 114 Å². The number of carbonyl (C=O) groups excluding carboxylic acids is 2. The Morgan fingerprint density at radius 1 is 1.05 bits per heavy atom. The third kappa shape index (κ3) is 5.95. The standard InChI is InChI=1S/C33H44FN3O2/c1-6-9-28(23-10-12-25(13-11-23)30(38)35-22-7-2)37-31(39)29(24-14-16-27(34)17-15-24)36-33(37)20-18-26(19-21-33)32(4,5)8-3/h10-17,26,28H,6-9,18-22H2,1-5H3,(H,35,38). The summed E-state index contributed by atoms with van der Waals surface area (Å²) in [6.45, 7) is 11.8. The number of aliphatic imine (C=N–C) groups is 1. The minimum atomic E-state index is -0.613. The maximum Gasteiger partial charge on any atom is 0.275 e. The summed E-state index contributed by atoms with van der Waals surface area (Å²) in [5, 5.41) is 2.93. The molecule has 2 aliphatic rings. The Labute approximate surface area is 233 Å². The van der Waals surface area contributed by atoms with Gasteiger partial charge < -0.3 is 10.2 Å². The fourth-order valence-electron chi connectivity index (χ4n) is 6.26. The Morgan fingerprint density at radius 2 is 1.69 bits per heavy atom. The summed E-state index contributed by atoms with van der Waals surface area (Å²) in [7, 11) is 0. The molecule has 1 heterocycles. The van der Waals surface area contributed by atoms with Crippen LogP contribution in [0.15, 0.2) is 53.5 Å². The van der Waals surface area contributed by atoms with Gasteiger partial charge in [0.1, 0.15) is 17.2 Å². The molecule has 1 atom stereocenters. The van der Waals surface area contributed by atoms with Gasteiger partial charge in [-0.15, -0.1) is 0 Å². The molecule has 1 spiro atoms. The summed E-state index contributed by atoms with van der Waals surface area (Å²) in [4.78, 5) is 34.0. The summed E-state index contributed by atoms with van der Waals surface area (Å²) in [6, 6.07) is 13.7. The zero-order valence-corrected chi connectivity index (χ0v) is 24.2. The lowest BCUT2D eigenvalue weighted by atomic mass is 9.67. The molecule has 0 saturated heterocycles. The van der Waals surface area contributed by atoms with Crippen molar-refractivity contribution in [2.45, 2.75) is 97.7 Å². The molecular formula is C33H44FN3O2. The van der Waals surface area contributed by atoms with Gasteiger partial charge in [-0.05, 0) is 91.8 Å². The first kappa shape index (κ1) is 29.0. The summed E-state index contributed by atoms with van der Waals surface area (Å²) < 4.78 is 13.7. The number of nitrogens with one attached hydrogen (secondary N) is 1. The van der Waals surface area contributed by atoms with Crippen molar-refractivity contribution in [3.63, 3.8) is 0 Å². The van der Waals surface area contributed by atoms with E-state index in [4.69, 9.17) is 4.99 Å². The second-order valence-corrected chi connectivity index (χ2v) is 11.9. The van der Waals surface area contributed by atoms with E-state index in [1.54, 1.807) is 12.1 Å². The first-order valence-electron chi connectivity index (χ1n) is 14.7. The first-order chi connectivity index (χ1) is 18.7. The predicted octanol–water partition coefficient (Wildman–Crippen LogP) is 7.46. The van der Waals surface area contributed by atoms with Gasteiger partial charge >= 0.3 is 0 Å². The SMILES string of the molecule is CCCNC(=O)c1ccc(C(CCC)N2C(=O)C(c3ccc(F)cc3)=NC23CCC(C(C)(C)CC)CC3)cc1. The van der Waals surface area contributed by atoms with Crippen molar-refractivity contribution < 1.29 is 14.0 Å². The Balaban J connectivity index is 1.71. The third-order valence-corrected chi connectivity index (χ3v) is 9.08. The van der Waals surface area contributed by atoms with E-state index in [2.05, 4.69) is 33.0 Å². The molecule has 6 heteroatoms. The lowest BCUT2D eigenvalue weighted by Gasteiger charge is -2.48. The molecule has 1 aliphatic carbocycles. The molecule has 2 aromatic rings. The van der Waals surface area contributed by atoms with Crippen LogP contribution >= 0.6 is 0 Å². The van der Waals surface area contributed by atoms with Gasteiger partial charge in [0.2, 0.25) is 0 Å². The fraction of sp³-hybridized carbons (Fsp3) is 0.545. The summed E-state index contributed by atoms with van der Waals surface area (Å²) in [6.07, 6.45) is 7.36. The molecular weight excluding hydrogens is 489 g/mol. The average molecular weight is 534 g/mol. The highest BCUT2D eigenvalue weighted by Gasteiger charge is 2.52. The number of amides is 2. The molecule has 1 aliphatic heterocycles. The van der Waals surface area contributed by atoms with E-state index in [1.807, 2.05) is 36.1 Å². The van der Waals surface area contributed by atoms with Gasteiger partial charge in [-0.25, -0.2) is 4.39 Å². The van der Waals surface area contributed by atoms with E-state index >= 15 is 0 Å². The number of halogens is 1. The minimum Gasteiger partial charge on any atom is -0.352 e. The summed E-state index contributed by atoms with van der Waals surface area (Å²) >= 11 is 0. The van der Waals surface area contributed by atoms with Crippen LogP contribution in [0, 0.1) is 17.2 Å². The van der Waals surface area contributed by atoms with Gasteiger partial charge in [0.25, 0.3) is 11.8 Å². The van der Waals surface area contributed by atoms with E-state index in [-0.39, 0.29) is 29.1 Å². The number of hydrogen-bond donors (Lipinski definition) is 1. The molecule has 210 valence electrons. The zero-order valence-electron chi connectivity index (χ0n) is 24.2. The van der Waals surface area contributed by atoms with Crippen LogP contribution in [0.25, 0.3) is 0 Å². The Kier molecular flexibility index (Phi) is 8.93. The van der Waals surface area contributed by atoms with Gasteiger partial charge in [-0.1, -0.05) is 59.6 Å². The van der Waals surface area contributed by atoms with Crippen molar-refractivity contribution in [3.8, 4) is 0 Å². The van der Waals surface area contributed by atoms with E-state index in [1.165, 1.54) is 12.1 Å². The fourth-order valence-corrected chi connectivity index (χ4v) is 6.26. The Bertz CT molecular complexity index is 1180. The topological polar surface area (TPSA) is 61.8 Å². The molecule has 39 heavy (non-hydrogen) atoms. The van der Waals surface area contributed by atoms with Crippen LogP contribution in [0.5, 0.6) is 0 Å². The lowest BCUT2D eigenvalue weighted by molar-refractivity contribution is -0.133. The van der Waals surface area contributed by atoms with Gasteiger partial charge in [0.15, 0.2) is 0 Å². The highest BCUT2D eigenvalue weighted by Crippen LogP contribution is 2.50. The van der Waals surface area contributed by atoms with Crippen molar-refractivity contribution in [2.24, 2.45) is 16.3 Å². The van der Waals surface area contributed by atoms with E-state index in [9.17, 15) is 14.0 Å². The molecule has 0 radical (unpaired) electrons. The highest BCUT2D eigenvalue weighted by molar-refractivity contribution is 6.46. The van der Waals surface area contributed by atoms with Gasteiger partial charge in [0, 0.05) is 17.7 Å². The van der Waals surface area contributed by atoms with Crippen LogP contribution in [-0.2, 0) is 4.79 Å². The van der Waals surface area contributed by atoms with Gasteiger partial charge in [-0.2, -0.15) is 0 Å². The molecule has 1 saturated carbocycles. The van der Waals surface area contributed by atoms with Crippen LogP contribution < -0.4 is 5.32 Å². The van der Waals surface area contributed by atoms with Crippen molar-refractivity contribution in [1.29, 1.82) is 0 Å². The number of nitrogens with zero attached hydrogens (tertiary/aromatic N) is 2. The number of carbonyl (C=O) groups is 2. The highest BCUT2D eigenvalue weighted by atomic mass is 19.1. The largest absolute Gasteiger partial charge is 0.352 e. The maximum absolute atomic E-state index is 14.2. The van der Waals surface area contributed by atoms with Crippen LogP contribution in [0.4, 0.5) is 4.39 Å². The number of benzene rings is 2. The lowest BCUT2D eigenvalue weighted by Crippen LogP contribution is -2.51. The molecule has 0 aromatic heterocycles. The van der Waals surface area contributed by atoms with E-state index < -0.39 is 5.66 Å². The molecule has 2 amide bonds. The van der Waals surface area contributed by atoms with Crippen molar-refractivity contribution >= 4 is 17.5 Å². The van der Waals surface area contributed by atoms with Crippen LogP contribution in [0.3, 0.4) is 0 Å². The van der Waals surface area contributed by atoms with E-state index in [0.717, 1.165) is 56.9 Å². The predicted molar refractivity (Wildman–Crippen MR) is 155 cm³/mol. The number of rotatable bonds is 10. The van der Waals surface area contributed by atoms with Crippen molar-refractivity contribution in [3.05, 3.63) is 71.0 Å². The van der Waals surface area contributed by atoms with Crippen LogP contribution in [0.2, 0.25) is 0 Å². The molecule has 1 unspecified atom stereocenters. The Hall–Kier alpha value is -3.02. The van der Waals surface area contributed by atoms with Crippen LogP contribution in [-0.4, -0.2) is 34.6 Å². The molecule has 2 aromatic carbocycles. The minimum absolute atomic E-state index is 0.0806. The summed E-state index contributed by atoms with van der Waals surface area (Å²) in [5.41, 5.74) is 2.37. The summed E-state index contributed by atoms with van der Waals surface area (Å²) in [5.74, 6) is 0.0901. The van der Waals surface area contributed by atoms with E-state index in [0.29, 0.717) is 29.3 Å². The molecule has 4 rings (SSSR count). The van der Waals surface area contributed by atoms with Crippen molar-refractivity contribution in [1.82, 2.24) is 10.2 Å². The third-order valence-electron chi connectivity index (χ3n) is 9.08. The molecule has 0 bridgehead atoms. The van der Waals surface area contributed by atoms with Gasteiger partial charge in [-0.3, -0.25) is 14.6 Å². The molecule has 1 N–H and O–H groups in total. The smallest absolute Gasteiger partial charge is 0.275 e. The molecule has 5 nitrogen and oxygen atoms in total. The number of hydrogen-bond acceptors (Lipinski definition) is 3.